The first-order valence-corrected chi connectivity index (χ1v) is 11.2. The van der Waals surface area contributed by atoms with Crippen LogP contribution in [0, 0.1) is 6.92 Å². The van der Waals surface area contributed by atoms with E-state index in [0.29, 0.717) is 43.3 Å². The van der Waals surface area contributed by atoms with Crippen molar-refractivity contribution in [2.45, 2.75) is 11.8 Å². The van der Waals surface area contributed by atoms with Gasteiger partial charge in [-0.1, -0.05) is 17.7 Å². The maximum Gasteiger partial charge on any atom is 0.240 e. The average molecular weight is 396 g/mol. The number of hydrogen-bond acceptors (Lipinski definition) is 5. The zero-order valence-electron chi connectivity index (χ0n) is 13.7. The van der Waals surface area contributed by atoms with E-state index in [-0.39, 0.29) is 11.4 Å². The first-order valence-electron chi connectivity index (χ1n) is 7.53. The fourth-order valence-electron chi connectivity index (χ4n) is 2.56. The molecule has 1 aromatic carbocycles. The zero-order chi connectivity index (χ0) is 18.0. The summed E-state index contributed by atoms with van der Waals surface area (Å²) in [5.74, 6) is 0. The van der Waals surface area contributed by atoms with Crippen molar-refractivity contribution in [3.63, 3.8) is 0 Å². The summed E-state index contributed by atoms with van der Waals surface area (Å²) >= 11 is 5.87. The Balaban J connectivity index is 1.87. The summed E-state index contributed by atoms with van der Waals surface area (Å²) in [5, 5.41) is 0.373. The lowest BCUT2D eigenvalue weighted by molar-refractivity contribution is 0.192. The monoisotopic (exact) mass is 395 g/mol. The molecule has 0 aliphatic carbocycles. The highest BCUT2D eigenvalue weighted by Crippen LogP contribution is 2.19. The van der Waals surface area contributed by atoms with Crippen molar-refractivity contribution in [1.29, 1.82) is 0 Å². The van der Waals surface area contributed by atoms with Gasteiger partial charge in [-0.05, 0) is 24.6 Å². The van der Waals surface area contributed by atoms with Crippen molar-refractivity contribution in [3.05, 3.63) is 28.8 Å². The lowest BCUT2D eigenvalue weighted by Gasteiger charge is -2.33. The van der Waals surface area contributed by atoms with E-state index in [1.807, 2.05) is 4.90 Å². The van der Waals surface area contributed by atoms with Gasteiger partial charge in [-0.3, -0.25) is 4.90 Å². The molecule has 0 spiro atoms. The molecule has 1 saturated heterocycles. The predicted molar refractivity (Wildman–Crippen MR) is 94.2 cm³/mol. The molecular weight excluding hydrogens is 374 g/mol. The average Bonchev–Trinajstić information content (AvgIpc) is 2.49. The molecule has 1 aromatic rings. The maximum atomic E-state index is 12.4. The molecule has 1 aliphatic heterocycles. The zero-order valence-corrected chi connectivity index (χ0v) is 16.1. The molecule has 7 nitrogen and oxygen atoms in total. The van der Waals surface area contributed by atoms with Crippen molar-refractivity contribution in [2.24, 2.45) is 0 Å². The van der Waals surface area contributed by atoms with Gasteiger partial charge < -0.3 is 0 Å². The number of rotatable bonds is 6. The summed E-state index contributed by atoms with van der Waals surface area (Å²) in [4.78, 5) is 2.21. The lowest BCUT2D eigenvalue weighted by atomic mass is 10.2. The van der Waals surface area contributed by atoms with Gasteiger partial charge in [0.2, 0.25) is 20.0 Å². The van der Waals surface area contributed by atoms with Crippen LogP contribution in [0.5, 0.6) is 0 Å². The number of aryl methyl sites for hydroxylation is 1. The summed E-state index contributed by atoms with van der Waals surface area (Å²) in [6, 6.07) is 4.75. The summed E-state index contributed by atoms with van der Waals surface area (Å²) in [6.45, 7) is 4.53. The molecule has 10 heteroatoms. The summed E-state index contributed by atoms with van der Waals surface area (Å²) in [6.07, 6.45) is 1.20. The normalized spacial score (nSPS) is 18.0. The molecule has 0 unspecified atom stereocenters. The number of hydrogen-bond donors (Lipinski definition) is 1. The van der Waals surface area contributed by atoms with E-state index in [0.717, 1.165) is 0 Å². The maximum absolute atomic E-state index is 12.4. The number of benzene rings is 1. The van der Waals surface area contributed by atoms with Crippen molar-refractivity contribution >= 4 is 31.6 Å². The third-order valence-electron chi connectivity index (χ3n) is 3.96. The van der Waals surface area contributed by atoms with E-state index in [4.69, 9.17) is 11.6 Å². The van der Waals surface area contributed by atoms with Crippen molar-refractivity contribution in [1.82, 2.24) is 13.9 Å². The van der Waals surface area contributed by atoms with Gasteiger partial charge in [-0.2, -0.15) is 4.31 Å². The van der Waals surface area contributed by atoms with Gasteiger partial charge in [0.15, 0.2) is 0 Å². The number of nitrogens with one attached hydrogen (secondary N) is 1. The molecule has 0 bridgehead atoms. The molecule has 1 N–H and O–H groups in total. The van der Waals surface area contributed by atoms with E-state index < -0.39 is 20.0 Å². The SMILES string of the molecule is Cc1ccc(Cl)cc1S(=O)(=O)NCCN1CCN(S(C)(=O)=O)CC1. The van der Waals surface area contributed by atoms with E-state index in [9.17, 15) is 16.8 Å². The van der Waals surface area contributed by atoms with Gasteiger partial charge in [-0.15, -0.1) is 0 Å². The van der Waals surface area contributed by atoms with Gasteiger partial charge >= 0.3 is 0 Å². The molecule has 1 fully saturated rings. The number of piperazine rings is 1. The first-order chi connectivity index (χ1) is 11.1. The van der Waals surface area contributed by atoms with Crippen molar-refractivity contribution < 1.29 is 16.8 Å². The largest absolute Gasteiger partial charge is 0.299 e. The molecule has 1 heterocycles. The molecule has 1 aliphatic rings. The molecule has 24 heavy (non-hydrogen) atoms. The smallest absolute Gasteiger partial charge is 0.240 e. The van der Waals surface area contributed by atoms with Gasteiger partial charge in [0, 0.05) is 44.3 Å². The topological polar surface area (TPSA) is 86.8 Å². The number of halogens is 1. The van der Waals surface area contributed by atoms with Crippen LogP contribution in [-0.4, -0.2) is 71.6 Å². The van der Waals surface area contributed by atoms with Crippen LogP contribution in [0.15, 0.2) is 23.1 Å². The van der Waals surface area contributed by atoms with Crippen LogP contribution < -0.4 is 4.72 Å². The molecule has 0 amide bonds. The van der Waals surface area contributed by atoms with Crippen molar-refractivity contribution in [2.75, 3.05) is 45.5 Å². The Hall–Kier alpha value is -0.710. The Bertz CT molecular complexity index is 788. The third kappa shape index (κ3) is 5.14. The Kier molecular flexibility index (Phi) is 6.27. The minimum atomic E-state index is -3.62. The molecule has 0 aromatic heterocycles. The summed E-state index contributed by atoms with van der Waals surface area (Å²) < 4.78 is 51.6. The summed E-state index contributed by atoms with van der Waals surface area (Å²) in [7, 11) is -6.77. The molecule has 136 valence electrons. The quantitative estimate of drug-likeness (QED) is 0.758. The van der Waals surface area contributed by atoms with E-state index in [1.165, 1.54) is 16.6 Å². The minimum absolute atomic E-state index is 0.178. The van der Waals surface area contributed by atoms with Crippen LogP contribution in [0.25, 0.3) is 0 Å². The van der Waals surface area contributed by atoms with Crippen LogP contribution in [0.4, 0.5) is 0 Å². The summed E-state index contributed by atoms with van der Waals surface area (Å²) in [5.41, 5.74) is 0.633. The lowest BCUT2D eigenvalue weighted by Crippen LogP contribution is -2.49. The van der Waals surface area contributed by atoms with Gasteiger partial charge in [0.1, 0.15) is 0 Å². The van der Waals surface area contributed by atoms with Crippen LogP contribution in [0.2, 0.25) is 5.02 Å². The Morgan fingerprint density at radius 1 is 1.12 bits per heavy atom. The Labute approximate surface area is 148 Å². The third-order valence-corrected chi connectivity index (χ3v) is 7.10. The van der Waals surface area contributed by atoms with E-state index in [1.54, 1.807) is 19.1 Å². The standard InChI is InChI=1S/C14H22ClN3O4S2/c1-12-3-4-13(15)11-14(12)24(21,22)16-5-6-17-7-9-18(10-8-17)23(2,19)20/h3-4,11,16H,5-10H2,1-2H3. The van der Waals surface area contributed by atoms with Crippen LogP contribution in [0.1, 0.15) is 5.56 Å². The highest BCUT2D eigenvalue weighted by molar-refractivity contribution is 7.89. The molecule has 2 rings (SSSR count). The van der Waals surface area contributed by atoms with Crippen LogP contribution >= 0.6 is 11.6 Å². The van der Waals surface area contributed by atoms with Gasteiger partial charge in [0.05, 0.1) is 11.2 Å². The molecule has 0 atom stereocenters. The Morgan fingerprint density at radius 2 is 1.75 bits per heavy atom. The van der Waals surface area contributed by atoms with Crippen LogP contribution in [-0.2, 0) is 20.0 Å². The predicted octanol–water partition coefficient (Wildman–Crippen LogP) is 0.504. The minimum Gasteiger partial charge on any atom is -0.299 e. The molecule has 0 saturated carbocycles. The first kappa shape index (κ1) is 19.6. The van der Waals surface area contributed by atoms with Crippen LogP contribution in [0.3, 0.4) is 0 Å². The fraction of sp³-hybridized carbons (Fsp3) is 0.571. The van der Waals surface area contributed by atoms with E-state index >= 15 is 0 Å². The van der Waals surface area contributed by atoms with E-state index in [2.05, 4.69) is 4.72 Å². The Morgan fingerprint density at radius 3 is 2.33 bits per heavy atom. The molecule has 0 radical (unpaired) electrons. The number of sulfonamides is 2. The second-order valence-corrected chi connectivity index (χ2v) is 9.97. The van der Waals surface area contributed by atoms with Crippen molar-refractivity contribution in [3.8, 4) is 0 Å². The highest BCUT2D eigenvalue weighted by Gasteiger charge is 2.23. The second-order valence-electron chi connectivity index (χ2n) is 5.81. The highest BCUT2D eigenvalue weighted by atomic mass is 35.5. The second kappa shape index (κ2) is 7.67. The van der Waals surface area contributed by atoms with Gasteiger partial charge in [-0.25, -0.2) is 21.6 Å². The molecular formula is C14H22ClN3O4S2. The number of nitrogens with zero attached hydrogens (tertiary/aromatic N) is 2. The van der Waals surface area contributed by atoms with Gasteiger partial charge in [0.25, 0.3) is 0 Å². The fourth-order valence-corrected chi connectivity index (χ4v) is 4.92.